The van der Waals surface area contributed by atoms with Gasteiger partial charge < -0.3 is 10.5 Å². The maximum Gasteiger partial charge on any atom is 0.237 e. The van der Waals surface area contributed by atoms with Gasteiger partial charge in [0.2, 0.25) is 5.91 Å². The van der Waals surface area contributed by atoms with Gasteiger partial charge >= 0.3 is 0 Å². The number of rotatable bonds is 3. The Morgan fingerprint density at radius 1 is 1.50 bits per heavy atom. The Labute approximate surface area is 96.9 Å². The second-order valence-electron chi connectivity index (χ2n) is 6.18. The van der Waals surface area contributed by atoms with Crippen LogP contribution in [0.5, 0.6) is 0 Å². The van der Waals surface area contributed by atoms with E-state index in [1.807, 2.05) is 13.8 Å². The first-order chi connectivity index (χ1) is 7.27. The van der Waals surface area contributed by atoms with Crippen molar-refractivity contribution in [2.24, 2.45) is 17.1 Å². The van der Waals surface area contributed by atoms with Crippen molar-refractivity contribution in [3.8, 4) is 0 Å². The lowest BCUT2D eigenvalue weighted by Crippen LogP contribution is -2.70. The second-order valence-corrected chi connectivity index (χ2v) is 6.18. The van der Waals surface area contributed by atoms with E-state index in [0.29, 0.717) is 18.1 Å². The normalized spacial score (nSPS) is 36.6. The fourth-order valence-corrected chi connectivity index (χ4v) is 3.08. The van der Waals surface area contributed by atoms with E-state index in [1.54, 1.807) is 0 Å². The van der Waals surface area contributed by atoms with Crippen LogP contribution in [-0.4, -0.2) is 30.2 Å². The van der Waals surface area contributed by atoms with E-state index < -0.39 is 5.54 Å². The molecule has 1 heterocycles. The van der Waals surface area contributed by atoms with Gasteiger partial charge in [-0.1, -0.05) is 13.8 Å². The molecule has 2 fully saturated rings. The van der Waals surface area contributed by atoms with Gasteiger partial charge in [0.1, 0.15) is 0 Å². The Kier molecular flexibility index (Phi) is 2.55. The zero-order chi connectivity index (χ0) is 12.1. The van der Waals surface area contributed by atoms with E-state index in [1.165, 1.54) is 0 Å². The molecule has 2 rings (SSSR count). The quantitative estimate of drug-likeness (QED) is 0.743. The number of primary amides is 1. The molecule has 2 aliphatic rings. The summed E-state index contributed by atoms with van der Waals surface area (Å²) < 4.78 is 5.72. The van der Waals surface area contributed by atoms with Gasteiger partial charge in [0.05, 0.1) is 11.6 Å². The lowest BCUT2D eigenvalue weighted by atomic mass is 9.57. The summed E-state index contributed by atoms with van der Waals surface area (Å²) in [4.78, 5) is 11.3. The van der Waals surface area contributed by atoms with Crippen molar-refractivity contribution in [2.45, 2.75) is 51.8 Å². The van der Waals surface area contributed by atoms with E-state index in [0.717, 1.165) is 13.0 Å². The summed E-state index contributed by atoms with van der Waals surface area (Å²) in [5, 5.41) is 3.40. The van der Waals surface area contributed by atoms with Crippen molar-refractivity contribution in [1.29, 1.82) is 0 Å². The zero-order valence-electron chi connectivity index (χ0n) is 10.5. The number of amides is 1. The first-order valence-electron chi connectivity index (χ1n) is 5.96. The molecule has 3 unspecified atom stereocenters. The Morgan fingerprint density at radius 2 is 2.12 bits per heavy atom. The highest BCUT2D eigenvalue weighted by atomic mass is 16.5. The average Bonchev–Trinajstić information content (AvgIpc) is 2.60. The SMILES string of the molecule is CC(C)(NC1C2CCOC2C1(C)C)C(N)=O. The van der Waals surface area contributed by atoms with Crippen LogP contribution in [0.4, 0.5) is 0 Å². The Balaban J connectivity index is 2.08. The standard InChI is InChI=1S/C12H22N2O2/c1-11(2)8(7-5-6-16-9(7)11)14-12(3,4)10(13)15/h7-9,14H,5-6H2,1-4H3,(H2,13,15). The fourth-order valence-electron chi connectivity index (χ4n) is 3.08. The van der Waals surface area contributed by atoms with Crippen molar-refractivity contribution >= 4 is 5.91 Å². The number of hydrogen-bond acceptors (Lipinski definition) is 3. The van der Waals surface area contributed by atoms with E-state index >= 15 is 0 Å². The largest absolute Gasteiger partial charge is 0.377 e. The molecule has 3 atom stereocenters. The van der Waals surface area contributed by atoms with Crippen LogP contribution in [0.2, 0.25) is 0 Å². The van der Waals surface area contributed by atoms with Gasteiger partial charge in [0, 0.05) is 24.0 Å². The van der Waals surface area contributed by atoms with Crippen molar-refractivity contribution in [3.05, 3.63) is 0 Å². The first kappa shape index (κ1) is 11.9. The van der Waals surface area contributed by atoms with Crippen LogP contribution in [0.1, 0.15) is 34.1 Å². The van der Waals surface area contributed by atoms with Crippen LogP contribution in [0.3, 0.4) is 0 Å². The number of fused-ring (bicyclic) bond motifs is 1. The van der Waals surface area contributed by atoms with E-state index in [-0.39, 0.29) is 11.3 Å². The molecule has 0 aromatic carbocycles. The molecule has 0 aromatic heterocycles. The number of hydrogen-bond donors (Lipinski definition) is 2. The summed E-state index contributed by atoms with van der Waals surface area (Å²) in [5.41, 5.74) is 4.84. The highest BCUT2D eigenvalue weighted by Crippen LogP contribution is 2.52. The van der Waals surface area contributed by atoms with Crippen LogP contribution in [0, 0.1) is 11.3 Å². The van der Waals surface area contributed by atoms with Crippen molar-refractivity contribution < 1.29 is 9.53 Å². The number of carbonyl (C=O) groups is 1. The summed E-state index contributed by atoms with van der Waals surface area (Å²) >= 11 is 0. The number of carbonyl (C=O) groups excluding carboxylic acids is 1. The van der Waals surface area contributed by atoms with Gasteiger partial charge in [-0.05, 0) is 20.3 Å². The molecular formula is C12H22N2O2. The van der Waals surface area contributed by atoms with Gasteiger partial charge in [-0.25, -0.2) is 0 Å². The Hall–Kier alpha value is -0.610. The third kappa shape index (κ3) is 1.55. The van der Waals surface area contributed by atoms with E-state index in [2.05, 4.69) is 19.2 Å². The molecule has 92 valence electrons. The van der Waals surface area contributed by atoms with Gasteiger partial charge in [-0.2, -0.15) is 0 Å². The first-order valence-corrected chi connectivity index (χ1v) is 5.96. The second kappa shape index (κ2) is 3.44. The molecule has 1 saturated carbocycles. The molecular weight excluding hydrogens is 204 g/mol. The van der Waals surface area contributed by atoms with E-state index in [4.69, 9.17) is 10.5 Å². The van der Waals surface area contributed by atoms with E-state index in [9.17, 15) is 4.79 Å². The van der Waals surface area contributed by atoms with Crippen LogP contribution in [0.25, 0.3) is 0 Å². The highest BCUT2D eigenvalue weighted by molar-refractivity contribution is 5.83. The molecule has 4 nitrogen and oxygen atoms in total. The molecule has 0 aromatic rings. The number of nitrogens with two attached hydrogens (primary N) is 1. The molecule has 1 aliphatic carbocycles. The topological polar surface area (TPSA) is 64.3 Å². The summed E-state index contributed by atoms with van der Waals surface area (Å²) in [7, 11) is 0. The number of ether oxygens (including phenoxy) is 1. The van der Waals surface area contributed by atoms with Gasteiger partial charge in [-0.3, -0.25) is 10.1 Å². The maximum atomic E-state index is 11.3. The van der Waals surface area contributed by atoms with Crippen LogP contribution in [0.15, 0.2) is 0 Å². The summed E-state index contributed by atoms with van der Waals surface area (Å²) in [6.45, 7) is 8.90. The average molecular weight is 226 g/mol. The fraction of sp³-hybridized carbons (Fsp3) is 0.917. The lowest BCUT2D eigenvalue weighted by Gasteiger charge is -2.56. The van der Waals surface area contributed by atoms with Crippen molar-refractivity contribution in [2.75, 3.05) is 6.61 Å². The molecule has 1 saturated heterocycles. The predicted octanol–water partition coefficient (Wildman–Crippen LogP) is 0.653. The van der Waals surface area contributed by atoms with Crippen LogP contribution >= 0.6 is 0 Å². The van der Waals surface area contributed by atoms with Gasteiger partial charge in [0.15, 0.2) is 0 Å². The Morgan fingerprint density at radius 3 is 2.69 bits per heavy atom. The van der Waals surface area contributed by atoms with Gasteiger partial charge in [0.25, 0.3) is 0 Å². The monoisotopic (exact) mass is 226 g/mol. The van der Waals surface area contributed by atoms with Crippen molar-refractivity contribution in [3.63, 3.8) is 0 Å². The molecule has 1 aliphatic heterocycles. The zero-order valence-corrected chi connectivity index (χ0v) is 10.5. The smallest absolute Gasteiger partial charge is 0.237 e. The third-order valence-electron chi connectivity index (χ3n) is 4.23. The predicted molar refractivity (Wildman–Crippen MR) is 61.8 cm³/mol. The van der Waals surface area contributed by atoms with Gasteiger partial charge in [-0.15, -0.1) is 0 Å². The molecule has 4 heteroatoms. The van der Waals surface area contributed by atoms with Crippen LogP contribution < -0.4 is 11.1 Å². The lowest BCUT2D eigenvalue weighted by molar-refractivity contribution is -0.134. The highest BCUT2D eigenvalue weighted by Gasteiger charge is 2.60. The summed E-state index contributed by atoms with van der Waals surface area (Å²) in [5.74, 6) is 0.235. The molecule has 3 N–H and O–H groups in total. The maximum absolute atomic E-state index is 11.3. The summed E-state index contributed by atoms with van der Waals surface area (Å²) in [6, 6.07) is 0.322. The molecule has 0 radical (unpaired) electrons. The molecule has 16 heavy (non-hydrogen) atoms. The minimum atomic E-state index is -0.643. The number of nitrogens with one attached hydrogen (secondary N) is 1. The molecule has 0 spiro atoms. The summed E-state index contributed by atoms with van der Waals surface area (Å²) in [6.07, 6.45) is 1.43. The third-order valence-corrected chi connectivity index (χ3v) is 4.23. The Bertz CT molecular complexity index is 312. The molecule has 0 bridgehead atoms. The van der Waals surface area contributed by atoms with Crippen molar-refractivity contribution in [1.82, 2.24) is 5.32 Å². The minimum absolute atomic E-state index is 0.0912. The molecule has 1 amide bonds. The minimum Gasteiger partial charge on any atom is -0.377 e. The van der Waals surface area contributed by atoms with Crippen LogP contribution in [-0.2, 0) is 9.53 Å².